The summed E-state index contributed by atoms with van der Waals surface area (Å²) in [5.74, 6) is 0.693. The molecule has 2 aromatic carbocycles. The van der Waals surface area contributed by atoms with E-state index in [-0.39, 0.29) is 41.1 Å². The first-order valence-corrected chi connectivity index (χ1v) is 11.3. The highest BCUT2D eigenvalue weighted by atomic mass is 127. The monoisotopic (exact) mass is 571 g/mol. The largest absolute Gasteiger partial charge is 0.355 e. The quantitative estimate of drug-likeness (QED) is 0.132. The molecule has 0 radical (unpaired) electrons. The van der Waals surface area contributed by atoms with E-state index < -0.39 is 14.9 Å². The smallest absolute Gasteiger partial charge is 0.270 e. The second kappa shape index (κ2) is 11.9. The van der Waals surface area contributed by atoms with Gasteiger partial charge in [0.1, 0.15) is 0 Å². The molecular formula is C21H26IN5O4S. The molecule has 0 atom stereocenters. The Hall–Kier alpha value is -2.51. The van der Waals surface area contributed by atoms with Crippen molar-refractivity contribution >= 4 is 51.2 Å². The molecule has 0 unspecified atom stereocenters. The van der Waals surface area contributed by atoms with Crippen molar-refractivity contribution in [1.29, 1.82) is 0 Å². The number of benzene rings is 2. The van der Waals surface area contributed by atoms with E-state index in [0.29, 0.717) is 19.0 Å². The molecule has 1 aliphatic rings. The number of nitrogens with zero attached hydrogens (tertiary/aromatic N) is 3. The number of halogens is 1. The normalized spacial score (nSPS) is 14.3. The van der Waals surface area contributed by atoms with Crippen molar-refractivity contribution in [3.05, 3.63) is 76.4 Å². The van der Waals surface area contributed by atoms with Crippen molar-refractivity contribution in [1.82, 2.24) is 14.9 Å². The summed E-state index contributed by atoms with van der Waals surface area (Å²) in [6.45, 7) is 1.96. The van der Waals surface area contributed by atoms with Crippen LogP contribution in [-0.4, -0.2) is 57.4 Å². The van der Waals surface area contributed by atoms with Gasteiger partial charge in [0, 0.05) is 45.4 Å². The van der Waals surface area contributed by atoms with Crippen molar-refractivity contribution < 1.29 is 13.3 Å². The molecule has 1 heterocycles. The van der Waals surface area contributed by atoms with Crippen molar-refractivity contribution in [2.75, 3.05) is 33.2 Å². The average molecular weight is 571 g/mol. The van der Waals surface area contributed by atoms with E-state index in [1.54, 1.807) is 7.05 Å². The minimum Gasteiger partial charge on any atom is -0.355 e. The molecule has 0 aromatic heterocycles. The summed E-state index contributed by atoms with van der Waals surface area (Å²) in [6, 6.07) is 15.2. The Morgan fingerprint density at radius 1 is 1.16 bits per heavy atom. The van der Waals surface area contributed by atoms with E-state index >= 15 is 0 Å². The minimum atomic E-state index is -3.84. The van der Waals surface area contributed by atoms with Gasteiger partial charge in [0.25, 0.3) is 5.69 Å². The molecule has 3 rings (SSSR count). The summed E-state index contributed by atoms with van der Waals surface area (Å²) in [4.78, 5) is 16.5. The molecule has 2 aromatic rings. The number of aliphatic imine (C=N–C) groups is 1. The van der Waals surface area contributed by atoms with Crippen LogP contribution in [0.3, 0.4) is 0 Å². The van der Waals surface area contributed by atoms with Gasteiger partial charge in [-0.2, -0.15) is 0 Å². The molecule has 32 heavy (non-hydrogen) atoms. The van der Waals surface area contributed by atoms with E-state index in [2.05, 4.69) is 38.1 Å². The number of hydrogen-bond acceptors (Lipinski definition) is 5. The summed E-state index contributed by atoms with van der Waals surface area (Å²) in [5.41, 5.74) is 2.26. The molecule has 0 spiro atoms. The number of hydrogen-bond donors (Lipinski definition) is 2. The van der Waals surface area contributed by atoms with Crippen LogP contribution < -0.4 is 10.0 Å². The lowest BCUT2D eigenvalue weighted by atomic mass is 10.00. The summed E-state index contributed by atoms with van der Waals surface area (Å²) < 4.78 is 27.2. The van der Waals surface area contributed by atoms with Crippen LogP contribution >= 0.6 is 24.0 Å². The number of nitro groups is 1. The van der Waals surface area contributed by atoms with Crippen LogP contribution in [0.4, 0.5) is 5.69 Å². The van der Waals surface area contributed by atoms with Gasteiger partial charge in [0.15, 0.2) is 5.96 Å². The lowest BCUT2D eigenvalue weighted by molar-refractivity contribution is -0.385. The third-order valence-electron chi connectivity index (χ3n) is 4.90. The van der Waals surface area contributed by atoms with Crippen molar-refractivity contribution in [2.24, 2.45) is 4.99 Å². The van der Waals surface area contributed by atoms with Gasteiger partial charge in [0.05, 0.1) is 9.82 Å². The predicted molar refractivity (Wildman–Crippen MR) is 136 cm³/mol. The van der Waals surface area contributed by atoms with E-state index in [0.717, 1.165) is 19.0 Å². The summed E-state index contributed by atoms with van der Waals surface area (Å²) >= 11 is 0. The Labute approximate surface area is 204 Å². The van der Waals surface area contributed by atoms with Crippen molar-refractivity contribution in [3.63, 3.8) is 0 Å². The number of rotatable bonds is 7. The van der Waals surface area contributed by atoms with Gasteiger partial charge in [-0.05, 0) is 23.6 Å². The average Bonchev–Trinajstić information content (AvgIpc) is 2.80. The molecule has 2 N–H and O–H groups in total. The maximum absolute atomic E-state index is 12.4. The first-order valence-electron chi connectivity index (χ1n) is 9.85. The summed E-state index contributed by atoms with van der Waals surface area (Å²) in [5, 5.41) is 14.0. The molecule has 11 heteroatoms. The van der Waals surface area contributed by atoms with Crippen LogP contribution in [0.15, 0.2) is 70.6 Å². The highest BCUT2D eigenvalue weighted by Crippen LogP contribution is 2.22. The van der Waals surface area contributed by atoms with E-state index in [1.807, 2.05) is 18.2 Å². The first-order chi connectivity index (χ1) is 14.9. The highest BCUT2D eigenvalue weighted by molar-refractivity contribution is 14.0. The maximum Gasteiger partial charge on any atom is 0.270 e. The standard InChI is InChI=1S/C21H25N5O4S.HI/c1-22-21(25-14-10-18(11-15-25)17-6-3-2-4-7-17)23-12-13-24-31(29,30)20-9-5-8-19(16-20)26(27)28;/h2-10,16,24H,11-15H2,1H3,(H,22,23);1H. The second-order valence-corrected chi connectivity index (χ2v) is 8.68. The third-order valence-corrected chi connectivity index (χ3v) is 6.36. The topological polar surface area (TPSA) is 117 Å². The molecule has 0 fully saturated rings. The van der Waals surface area contributed by atoms with Crippen LogP contribution in [0.5, 0.6) is 0 Å². The van der Waals surface area contributed by atoms with E-state index in [9.17, 15) is 18.5 Å². The number of nitrogens with one attached hydrogen (secondary N) is 2. The third kappa shape index (κ3) is 6.74. The molecule has 1 aliphatic heterocycles. The Balaban J connectivity index is 0.00000363. The molecule has 9 nitrogen and oxygen atoms in total. The maximum atomic E-state index is 12.4. The zero-order valence-electron chi connectivity index (χ0n) is 17.6. The molecule has 0 saturated heterocycles. The van der Waals surface area contributed by atoms with Crippen LogP contribution in [0.2, 0.25) is 0 Å². The van der Waals surface area contributed by atoms with Crippen LogP contribution in [0, 0.1) is 10.1 Å². The Kier molecular flexibility index (Phi) is 9.60. The van der Waals surface area contributed by atoms with Crippen LogP contribution in [0.25, 0.3) is 5.57 Å². The molecule has 0 aliphatic carbocycles. The van der Waals surface area contributed by atoms with Crippen molar-refractivity contribution in [3.8, 4) is 0 Å². The predicted octanol–water partition coefficient (Wildman–Crippen LogP) is 2.86. The van der Waals surface area contributed by atoms with Crippen molar-refractivity contribution in [2.45, 2.75) is 11.3 Å². The van der Waals surface area contributed by atoms with E-state index in [4.69, 9.17) is 0 Å². The summed E-state index contributed by atoms with van der Waals surface area (Å²) in [7, 11) is -2.15. The highest BCUT2D eigenvalue weighted by Gasteiger charge is 2.18. The fraction of sp³-hybridized carbons (Fsp3) is 0.286. The zero-order chi connectivity index (χ0) is 22.3. The lowest BCUT2D eigenvalue weighted by Gasteiger charge is -2.29. The van der Waals surface area contributed by atoms with Gasteiger partial charge < -0.3 is 10.2 Å². The second-order valence-electron chi connectivity index (χ2n) is 6.92. The minimum absolute atomic E-state index is 0. The Morgan fingerprint density at radius 3 is 2.53 bits per heavy atom. The molecular weight excluding hydrogens is 545 g/mol. The number of sulfonamides is 1. The van der Waals surface area contributed by atoms with Gasteiger partial charge >= 0.3 is 0 Å². The lowest BCUT2D eigenvalue weighted by Crippen LogP contribution is -2.45. The van der Waals surface area contributed by atoms with E-state index in [1.165, 1.54) is 29.3 Å². The zero-order valence-corrected chi connectivity index (χ0v) is 20.7. The van der Waals surface area contributed by atoms with Gasteiger partial charge in [-0.25, -0.2) is 13.1 Å². The number of nitro benzene ring substituents is 1. The van der Waals surface area contributed by atoms with Crippen LogP contribution in [0.1, 0.15) is 12.0 Å². The molecule has 0 amide bonds. The summed E-state index contributed by atoms with van der Waals surface area (Å²) in [6.07, 6.45) is 3.07. The first kappa shape index (κ1) is 25.7. The Morgan fingerprint density at radius 2 is 1.91 bits per heavy atom. The molecule has 0 saturated carbocycles. The number of guanidine groups is 1. The van der Waals surface area contributed by atoms with Gasteiger partial charge in [-0.3, -0.25) is 15.1 Å². The molecule has 0 bridgehead atoms. The Bertz CT molecular complexity index is 1090. The fourth-order valence-corrected chi connectivity index (χ4v) is 4.39. The van der Waals surface area contributed by atoms with Gasteiger partial charge in [-0.1, -0.05) is 42.5 Å². The van der Waals surface area contributed by atoms with Gasteiger partial charge in [-0.15, -0.1) is 24.0 Å². The van der Waals surface area contributed by atoms with Gasteiger partial charge in [0.2, 0.25) is 10.0 Å². The van der Waals surface area contributed by atoms with Crippen LogP contribution in [-0.2, 0) is 10.0 Å². The molecule has 172 valence electrons. The fourth-order valence-electron chi connectivity index (χ4n) is 3.32. The number of non-ortho nitro benzene ring substituents is 1. The SMILES string of the molecule is CN=C(NCCNS(=O)(=O)c1cccc([N+](=O)[O-])c1)N1CC=C(c2ccccc2)CC1.I.